The summed E-state index contributed by atoms with van der Waals surface area (Å²) >= 11 is 0. The summed E-state index contributed by atoms with van der Waals surface area (Å²) < 4.78 is 0. The van der Waals surface area contributed by atoms with E-state index in [0.29, 0.717) is 0 Å². The van der Waals surface area contributed by atoms with Crippen LogP contribution in [-0.2, 0) is 11.3 Å². The van der Waals surface area contributed by atoms with Gasteiger partial charge in [-0.05, 0) is 57.5 Å². The quantitative estimate of drug-likeness (QED) is 0.485. The van der Waals surface area contributed by atoms with Gasteiger partial charge in [0.2, 0.25) is 5.91 Å². The van der Waals surface area contributed by atoms with Gasteiger partial charge < -0.3 is 15.1 Å². The van der Waals surface area contributed by atoms with Crippen LogP contribution in [0.4, 0.5) is 5.82 Å². The third kappa shape index (κ3) is 6.64. The summed E-state index contributed by atoms with van der Waals surface area (Å²) in [5, 5.41) is 12.0. The van der Waals surface area contributed by atoms with Crippen LogP contribution in [0.15, 0.2) is 66.7 Å². The fraction of sp³-hybridized carbons (Fsp3) is 0.393. The third-order valence-corrected chi connectivity index (χ3v) is 6.50. The number of amides is 1. The Kier molecular flexibility index (Phi) is 8.26. The number of hydrogen-bond donors (Lipinski definition) is 1. The maximum Gasteiger partial charge on any atom is 0.223 e. The molecule has 178 valence electrons. The Hall–Kier alpha value is -3.25. The van der Waals surface area contributed by atoms with Crippen molar-refractivity contribution in [3.8, 4) is 11.3 Å². The molecule has 34 heavy (non-hydrogen) atoms. The van der Waals surface area contributed by atoms with Crippen LogP contribution in [0.1, 0.15) is 30.4 Å². The highest BCUT2D eigenvalue weighted by atomic mass is 16.1. The largest absolute Gasteiger partial charge is 0.356 e. The maximum absolute atomic E-state index is 12.6. The van der Waals surface area contributed by atoms with Crippen molar-refractivity contribution in [3.63, 3.8) is 0 Å². The Balaban J connectivity index is 1.16. The van der Waals surface area contributed by atoms with E-state index in [1.807, 2.05) is 18.2 Å². The maximum atomic E-state index is 12.6. The van der Waals surface area contributed by atoms with E-state index in [2.05, 4.69) is 87.8 Å². The van der Waals surface area contributed by atoms with E-state index in [9.17, 15) is 4.79 Å². The molecule has 2 aromatic carbocycles. The Morgan fingerprint density at radius 2 is 1.74 bits per heavy atom. The van der Waals surface area contributed by atoms with Crippen molar-refractivity contribution < 1.29 is 4.79 Å². The molecular weight excluding hydrogens is 422 g/mol. The Morgan fingerprint density at radius 3 is 2.41 bits per heavy atom. The molecule has 2 heterocycles. The molecule has 6 nitrogen and oxygen atoms in total. The van der Waals surface area contributed by atoms with Gasteiger partial charge in [-0.2, -0.15) is 0 Å². The highest BCUT2D eigenvalue weighted by Gasteiger charge is 2.25. The lowest BCUT2D eigenvalue weighted by atomic mass is 9.96. The van der Waals surface area contributed by atoms with Gasteiger partial charge in [-0.1, -0.05) is 60.2 Å². The van der Waals surface area contributed by atoms with Crippen molar-refractivity contribution >= 4 is 11.7 Å². The van der Waals surface area contributed by atoms with Crippen LogP contribution in [0.25, 0.3) is 11.3 Å². The van der Waals surface area contributed by atoms with Gasteiger partial charge in [0.1, 0.15) is 0 Å². The molecule has 1 aliphatic heterocycles. The molecule has 1 saturated heterocycles. The van der Waals surface area contributed by atoms with Crippen LogP contribution in [0.3, 0.4) is 0 Å². The molecule has 4 rings (SSSR count). The second-order valence-electron chi connectivity index (χ2n) is 9.27. The minimum Gasteiger partial charge on any atom is -0.356 e. The van der Waals surface area contributed by atoms with Crippen LogP contribution in [0.5, 0.6) is 0 Å². The van der Waals surface area contributed by atoms with Crippen molar-refractivity contribution in [2.45, 2.75) is 32.7 Å². The summed E-state index contributed by atoms with van der Waals surface area (Å²) in [5.41, 5.74) is 4.50. The molecule has 0 radical (unpaired) electrons. The summed E-state index contributed by atoms with van der Waals surface area (Å²) in [5.74, 6) is 1.15. The van der Waals surface area contributed by atoms with Gasteiger partial charge in [-0.3, -0.25) is 4.79 Å². The first kappa shape index (κ1) is 23.9. The summed E-state index contributed by atoms with van der Waals surface area (Å²) in [6, 6.07) is 22.9. The molecule has 6 heteroatoms. The van der Waals surface area contributed by atoms with Crippen molar-refractivity contribution in [1.29, 1.82) is 0 Å². The summed E-state index contributed by atoms with van der Waals surface area (Å²) in [7, 11) is 2.13. The SMILES string of the molecule is Cc1ccc(-c2ccc(N3CCC(C(=O)NCCCN(C)Cc4ccccc4)CC3)nn2)cc1. The number of hydrogen-bond acceptors (Lipinski definition) is 5. The fourth-order valence-electron chi connectivity index (χ4n) is 4.42. The number of nitrogens with one attached hydrogen (secondary N) is 1. The van der Waals surface area contributed by atoms with E-state index in [-0.39, 0.29) is 11.8 Å². The van der Waals surface area contributed by atoms with Gasteiger partial charge in [0.15, 0.2) is 5.82 Å². The summed E-state index contributed by atoms with van der Waals surface area (Å²) in [6.07, 6.45) is 2.65. The monoisotopic (exact) mass is 457 g/mol. The Morgan fingerprint density at radius 1 is 1.00 bits per heavy atom. The smallest absolute Gasteiger partial charge is 0.223 e. The topological polar surface area (TPSA) is 61.4 Å². The number of anilines is 1. The molecule has 1 N–H and O–H groups in total. The standard InChI is InChI=1S/C28H35N5O/c1-22-9-11-24(12-10-22)26-13-14-27(31-30-26)33-19-15-25(16-20-33)28(34)29-17-6-18-32(2)21-23-7-4-3-5-8-23/h3-5,7-14,25H,6,15-21H2,1-2H3,(H,29,34). The zero-order valence-corrected chi connectivity index (χ0v) is 20.3. The first-order chi connectivity index (χ1) is 16.6. The highest BCUT2D eigenvalue weighted by Crippen LogP contribution is 2.23. The van der Waals surface area contributed by atoms with Gasteiger partial charge in [0.05, 0.1) is 5.69 Å². The predicted octanol–water partition coefficient (Wildman–Crippen LogP) is 4.31. The van der Waals surface area contributed by atoms with E-state index in [0.717, 1.165) is 69.1 Å². The van der Waals surface area contributed by atoms with Gasteiger partial charge in [0.25, 0.3) is 0 Å². The molecule has 3 aromatic rings. The molecule has 0 aliphatic carbocycles. The Labute approximate surface area is 203 Å². The van der Waals surface area contributed by atoms with Crippen LogP contribution in [0, 0.1) is 12.8 Å². The molecule has 1 amide bonds. The molecule has 0 unspecified atom stereocenters. The van der Waals surface area contributed by atoms with E-state index in [4.69, 9.17) is 0 Å². The average Bonchev–Trinajstić information content (AvgIpc) is 2.88. The zero-order valence-electron chi connectivity index (χ0n) is 20.3. The lowest BCUT2D eigenvalue weighted by Gasteiger charge is -2.31. The molecule has 1 fully saturated rings. The number of carbonyl (C=O) groups is 1. The summed E-state index contributed by atoms with van der Waals surface area (Å²) in [6.45, 7) is 6.36. The van der Waals surface area contributed by atoms with Crippen LogP contribution in [-0.4, -0.2) is 54.2 Å². The van der Waals surface area contributed by atoms with Gasteiger partial charge in [0, 0.05) is 37.7 Å². The minimum atomic E-state index is 0.0816. The second kappa shape index (κ2) is 11.7. The number of rotatable bonds is 9. The number of benzene rings is 2. The number of aryl methyl sites for hydroxylation is 1. The molecular formula is C28H35N5O. The van der Waals surface area contributed by atoms with E-state index >= 15 is 0 Å². The van der Waals surface area contributed by atoms with Crippen LogP contribution >= 0.6 is 0 Å². The first-order valence-electron chi connectivity index (χ1n) is 12.2. The van der Waals surface area contributed by atoms with Crippen molar-refractivity contribution in [2.24, 2.45) is 5.92 Å². The lowest BCUT2D eigenvalue weighted by molar-refractivity contribution is -0.125. The average molecular weight is 458 g/mol. The van der Waals surface area contributed by atoms with Crippen LogP contribution in [0.2, 0.25) is 0 Å². The molecule has 0 saturated carbocycles. The number of nitrogens with zero attached hydrogens (tertiary/aromatic N) is 4. The zero-order chi connectivity index (χ0) is 23.8. The minimum absolute atomic E-state index is 0.0816. The second-order valence-corrected chi connectivity index (χ2v) is 9.27. The molecule has 0 bridgehead atoms. The van der Waals surface area contributed by atoms with E-state index in [1.165, 1.54) is 11.1 Å². The lowest BCUT2D eigenvalue weighted by Crippen LogP contribution is -2.41. The molecule has 1 aliphatic rings. The number of carbonyl (C=O) groups excluding carboxylic acids is 1. The van der Waals surface area contributed by atoms with Crippen LogP contribution < -0.4 is 10.2 Å². The normalized spacial score (nSPS) is 14.4. The Bertz CT molecular complexity index is 1030. The number of aromatic nitrogens is 2. The third-order valence-electron chi connectivity index (χ3n) is 6.50. The van der Waals surface area contributed by atoms with Gasteiger partial charge in [-0.25, -0.2) is 0 Å². The van der Waals surface area contributed by atoms with Crippen molar-refractivity contribution in [3.05, 3.63) is 77.9 Å². The number of piperidine rings is 1. The highest BCUT2D eigenvalue weighted by molar-refractivity contribution is 5.79. The van der Waals surface area contributed by atoms with Crippen molar-refractivity contribution in [1.82, 2.24) is 20.4 Å². The van der Waals surface area contributed by atoms with Crippen molar-refractivity contribution in [2.75, 3.05) is 38.1 Å². The van der Waals surface area contributed by atoms with E-state index < -0.39 is 0 Å². The fourth-order valence-corrected chi connectivity index (χ4v) is 4.42. The predicted molar refractivity (Wildman–Crippen MR) is 138 cm³/mol. The first-order valence-corrected chi connectivity index (χ1v) is 12.2. The molecule has 0 spiro atoms. The molecule has 0 atom stereocenters. The van der Waals surface area contributed by atoms with E-state index in [1.54, 1.807) is 0 Å². The van der Waals surface area contributed by atoms with Gasteiger partial charge in [-0.15, -0.1) is 10.2 Å². The molecule has 1 aromatic heterocycles. The van der Waals surface area contributed by atoms with Gasteiger partial charge >= 0.3 is 0 Å². The summed E-state index contributed by atoms with van der Waals surface area (Å²) in [4.78, 5) is 17.2.